The highest BCUT2D eigenvalue weighted by Crippen LogP contribution is 2.45. The summed E-state index contributed by atoms with van der Waals surface area (Å²) < 4.78 is 21.7. The summed E-state index contributed by atoms with van der Waals surface area (Å²) in [5.74, 6) is 1.05. The number of aromatic amines is 1. The third kappa shape index (κ3) is 8.04. The zero-order chi connectivity index (χ0) is 44.6. The summed E-state index contributed by atoms with van der Waals surface area (Å²) in [4.78, 5) is 69.7. The van der Waals surface area contributed by atoms with Crippen molar-refractivity contribution in [2.24, 2.45) is 16.8 Å². The van der Waals surface area contributed by atoms with Crippen LogP contribution in [0.4, 0.5) is 15.3 Å². The summed E-state index contributed by atoms with van der Waals surface area (Å²) >= 11 is 0. The Hall–Kier alpha value is -6.74. The van der Waals surface area contributed by atoms with E-state index in [9.17, 15) is 19.2 Å². The van der Waals surface area contributed by atoms with Crippen molar-refractivity contribution < 1.29 is 38.1 Å². The lowest BCUT2D eigenvalue weighted by molar-refractivity contribution is -0.135. The predicted octanol–water partition coefficient (Wildman–Crippen LogP) is 7.42. The molecule has 0 radical (unpaired) electrons. The Morgan fingerprint density at radius 2 is 1.69 bits per heavy atom. The van der Waals surface area contributed by atoms with Crippen LogP contribution in [0.15, 0.2) is 84.0 Å². The van der Waals surface area contributed by atoms with E-state index in [0.717, 1.165) is 74.3 Å². The van der Waals surface area contributed by atoms with Crippen molar-refractivity contribution in [3.8, 4) is 28.1 Å². The van der Waals surface area contributed by atoms with Crippen LogP contribution in [0.5, 0.6) is 5.75 Å². The Kier molecular flexibility index (Phi) is 11.8. The summed E-state index contributed by atoms with van der Waals surface area (Å²) in [5, 5.41) is 7.62. The van der Waals surface area contributed by atoms with Crippen molar-refractivity contribution in [1.29, 1.82) is 0 Å². The molecule has 15 heteroatoms. The van der Waals surface area contributed by atoms with Crippen LogP contribution in [0.2, 0.25) is 0 Å². The molecule has 2 fully saturated rings. The van der Waals surface area contributed by atoms with Gasteiger partial charge in [0.05, 0.1) is 50.5 Å². The maximum absolute atomic E-state index is 14.2. The molecule has 9 rings (SSSR count). The van der Waals surface area contributed by atoms with E-state index in [0.29, 0.717) is 50.5 Å². The maximum atomic E-state index is 14.2. The van der Waals surface area contributed by atoms with E-state index in [1.807, 2.05) is 49.1 Å². The van der Waals surface area contributed by atoms with Crippen molar-refractivity contribution >= 4 is 46.2 Å². The van der Waals surface area contributed by atoms with Crippen LogP contribution >= 0.6 is 0 Å². The fourth-order valence-corrected chi connectivity index (χ4v) is 9.86. The highest BCUT2D eigenvalue weighted by atomic mass is 16.5. The molecule has 64 heavy (non-hydrogen) atoms. The third-order valence-corrected chi connectivity index (χ3v) is 13.0. The summed E-state index contributed by atoms with van der Waals surface area (Å²) in [7, 11) is 4.23. The van der Waals surface area contributed by atoms with Gasteiger partial charge in [0, 0.05) is 43.8 Å². The van der Waals surface area contributed by atoms with Gasteiger partial charge in [-0.05, 0) is 88.0 Å². The highest BCUT2D eigenvalue weighted by Gasteiger charge is 2.42. The number of fused-ring (bicyclic) bond motifs is 6. The molecule has 0 aliphatic carbocycles. The number of ether oxygens (including phenoxy) is 4. The predicted molar refractivity (Wildman–Crippen MR) is 240 cm³/mol. The van der Waals surface area contributed by atoms with Gasteiger partial charge in [-0.1, -0.05) is 62.4 Å². The molecule has 0 spiro atoms. The first-order chi connectivity index (χ1) is 31.0. The number of methoxy groups -OCH3 is 3. The molecule has 5 heterocycles. The van der Waals surface area contributed by atoms with E-state index in [2.05, 4.69) is 58.1 Å². The topological polar surface area (TPSA) is 177 Å². The number of aromatic nitrogens is 2. The highest BCUT2D eigenvalue weighted by molar-refractivity contribution is 6.06. The van der Waals surface area contributed by atoms with Gasteiger partial charge in [-0.3, -0.25) is 14.6 Å². The number of amides is 4. The molecule has 15 nitrogen and oxygen atoms in total. The normalized spacial score (nSPS) is 19.6. The average Bonchev–Trinajstić information content (AvgIpc) is 4.15. The van der Waals surface area contributed by atoms with Gasteiger partial charge in [-0.15, -0.1) is 0 Å². The molecular weight excluding hydrogens is 815 g/mol. The number of hydrogen-bond acceptors (Lipinski definition) is 10. The number of nitrogens with zero attached hydrogens (tertiary/aromatic N) is 4. The molecule has 4 aromatic carbocycles. The van der Waals surface area contributed by atoms with E-state index in [4.69, 9.17) is 28.9 Å². The minimum absolute atomic E-state index is 0.107. The Bertz CT molecular complexity index is 2640. The second kappa shape index (κ2) is 17.8. The van der Waals surface area contributed by atoms with E-state index in [-0.39, 0.29) is 35.7 Å². The van der Waals surface area contributed by atoms with E-state index in [1.165, 1.54) is 14.2 Å². The summed E-state index contributed by atoms with van der Waals surface area (Å²) in [6.07, 6.45) is 3.39. The monoisotopic (exact) mass is 867 g/mol. The average molecular weight is 868 g/mol. The van der Waals surface area contributed by atoms with Gasteiger partial charge >= 0.3 is 12.2 Å². The molecule has 332 valence electrons. The molecule has 1 unspecified atom stereocenters. The SMILES string of the molecule is COC[C@H]1C[C@@H](c2ncc(-c3ccc4c(c3)COc3cc5c6c(ccc5cc3-4)N=C([C@@H]3CCCN3C(=O)[C@H](NC(=O)OC)c3ccccc3)C6)[nH]2)N(C(=O)C(NC(=O)OC)C(C)C)C1. The van der Waals surface area contributed by atoms with Crippen molar-refractivity contribution in [2.45, 2.75) is 70.3 Å². The first kappa shape index (κ1) is 42.6. The zero-order valence-electron chi connectivity index (χ0n) is 36.7. The van der Waals surface area contributed by atoms with Gasteiger partial charge in [0.2, 0.25) is 11.8 Å². The second-order valence-electron chi connectivity index (χ2n) is 17.3. The van der Waals surface area contributed by atoms with Crippen molar-refractivity contribution in [3.63, 3.8) is 0 Å². The molecule has 5 aromatic rings. The summed E-state index contributed by atoms with van der Waals surface area (Å²) in [6.45, 7) is 5.72. The molecule has 4 aliphatic heterocycles. The smallest absolute Gasteiger partial charge is 0.407 e. The van der Waals surface area contributed by atoms with Crippen LogP contribution in [0.25, 0.3) is 33.2 Å². The van der Waals surface area contributed by atoms with Gasteiger partial charge in [0.15, 0.2) is 0 Å². The molecule has 0 saturated carbocycles. The van der Waals surface area contributed by atoms with Gasteiger partial charge in [0.25, 0.3) is 0 Å². The minimum atomic E-state index is -0.879. The maximum Gasteiger partial charge on any atom is 0.407 e. The molecular formula is C49H53N7O8. The van der Waals surface area contributed by atoms with E-state index >= 15 is 0 Å². The first-order valence-electron chi connectivity index (χ1n) is 21.9. The standard InChI is InChI=1S/C49H53N7O8/c1-27(2)43(53-48(59)62-4)46(57)56-24-28(25-61-3)18-41(56)45-50-23-39(52-45)31-13-15-33-32(19-31)26-64-42-22-34-30(20-36(33)42)14-16-37-35(34)21-38(51-37)40-12-9-17-55(40)47(58)44(54-49(60)63-5)29-10-7-6-8-11-29/h6-8,10-11,13-16,19-20,22-23,27-28,40-41,43-44H,9,12,17-18,21,24-26H2,1-5H3,(H,50,52)(H,53,59)(H,54,60)/t28-,40-,41-,43?,44+/m0/s1. The second-order valence-corrected chi connectivity index (χ2v) is 17.3. The number of likely N-dealkylation sites (tertiary alicyclic amines) is 2. The number of hydrogen-bond donors (Lipinski definition) is 3. The van der Waals surface area contributed by atoms with Crippen LogP contribution in [0.3, 0.4) is 0 Å². The van der Waals surface area contributed by atoms with Crippen molar-refractivity contribution in [2.75, 3.05) is 41.0 Å². The molecule has 4 aliphatic rings. The fourth-order valence-electron chi connectivity index (χ4n) is 9.86. The Labute approximate surface area is 371 Å². The first-order valence-corrected chi connectivity index (χ1v) is 21.9. The number of nitrogens with one attached hydrogen (secondary N) is 3. The number of alkyl carbamates (subject to hydrolysis) is 2. The number of imidazole rings is 1. The number of H-pyrrole nitrogens is 1. The summed E-state index contributed by atoms with van der Waals surface area (Å²) in [6, 6.07) is 21.9. The number of carbonyl (C=O) groups is 4. The minimum Gasteiger partial charge on any atom is -0.488 e. The lowest BCUT2D eigenvalue weighted by Crippen LogP contribution is -2.51. The molecule has 0 bridgehead atoms. The van der Waals surface area contributed by atoms with Crippen LogP contribution < -0.4 is 15.4 Å². The number of carbonyl (C=O) groups excluding carboxylic acids is 4. The van der Waals surface area contributed by atoms with Gasteiger partial charge < -0.3 is 44.4 Å². The number of rotatable bonds is 11. The molecule has 1 aromatic heterocycles. The third-order valence-electron chi connectivity index (χ3n) is 13.0. The van der Waals surface area contributed by atoms with Crippen molar-refractivity contribution in [1.82, 2.24) is 30.4 Å². The lowest BCUT2D eigenvalue weighted by atomic mass is 9.90. The molecule has 4 amide bonds. The lowest BCUT2D eigenvalue weighted by Gasteiger charge is -2.30. The Morgan fingerprint density at radius 1 is 0.891 bits per heavy atom. The Morgan fingerprint density at radius 3 is 2.45 bits per heavy atom. The van der Waals surface area contributed by atoms with Crippen LogP contribution in [0, 0.1) is 11.8 Å². The molecule has 2 saturated heterocycles. The molecule has 3 N–H and O–H groups in total. The summed E-state index contributed by atoms with van der Waals surface area (Å²) in [5.41, 5.74) is 8.53. The van der Waals surface area contributed by atoms with Crippen LogP contribution in [0.1, 0.15) is 67.7 Å². The largest absolute Gasteiger partial charge is 0.488 e. The Balaban J connectivity index is 0.937. The van der Waals surface area contributed by atoms with Gasteiger partial charge in [0.1, 0.15) is 30.3 Å². The quantitative estimate of drug-likeness (QED) is 0.122. The molecule has 5 atom stereocenters. The number of aliphatic imine (C=N–C) groups is 1. The van der Waals surface area contributed by atoms with Crippen LogP contribution in [-0.2, 0) is 36.8 Å². The zero-order valence-corrected chi connectivity index (χ0v) is 36.7. The van der Waals surface area contributed by atoms with Gasteiger partial charge in [-0.25, -0.2) is 14.6 Å². The number of benzene rings is 4. The fraction of sp³-hybridized carbons (Fsp3) is 0.388. The van der Waals surface area contributed by atoms with E-state index in [1.54, 1.807) is 18.2 Å². The van der Waals surface area contributed by atoms with Gasteiger partial charge in [-0.2, -0.15) is 0 Å². The van der Waals surface area contributed by atoms with E-state index < -0.39 is 24.3 Å². The van der Waals surface area contributed by atoms with Crippen LogP contribution in [-0.4, -0.2) is 103 Å². The van der Waals surface area contributed by atoms with Crippen molar-refractivity contribution in [3.05, 3.63) is 102 Å².